The van der Waals surface area contributed by atoms with Crippen molar-refractivity contribution in [3.05, 3.63) is 72.4 Å². The van der Waals surface area contributed by atoms with Gasteiger partial charge in [-0.15, -0.1) is 6.58 Å². The molecule has 1 fully saturated rings. The number of hydrogen-bond acceptors (Lipinski definition) is 2. The molecule has 0 amide bonds. The van der Waals surface area contributed by atoms with Crippen molar-refractivity contribution in [2.45, 2.75) is 63.3 Å². The van der Waals surface area contributed by atoms with Crippen LogP contribution < -0.4 is 0 Å². The Morgan fingerprint density at radius 3 is 2.57 bits per heavy atom. The minimum atomic E-state index is -4.21. The SMILES string of the molecule is C=CC(/N=C1\CC(=C)[C@H](c2ccccc2)C[C@@H]1F)C(=O)/C=C(\C)CCCC(F)(F)F. The Kier molecular flexibility index (Phi) is 8.33. The molecule has 1 aliphatic rings. The van der Waals surface area contributed by atoms with Gasteiger partial charge in [0.25, 0.3) is 0 Å². The number of carbonyl (C=O) groups excluding carboxylic acids is 1. The molecule has 2 nitrogen and oxygen atoms in total. The molecule has 0 heterocycles. The highest BCUT2D eigenvalue weighted by atomic mass is 19.4. The molecule has 30 heavy (non-hydrogen) atoms. The lowest BCUT2D eigenvalue weighted by Gasteiger charge is -2.29. The Hall–Kier alpha value is -2.50. The lowest BCUT2D eigenvalue weighted by Crippen LogP contribution is -2.29. The number of hydrogen-bond donors (Lipinski definition) is 0. The van der Waals surface area contributed by atoms with Crippen LogP contribution in [0.2, 0.25) is 0 Å². The Morgan fingerprint density at radius 2 is 1.97 bits per heavy atom. The first kappa shape index (κ1) is 23.8. The van der Waals surface area contributed by atoms with Crippen LogP contribution in [-0.4, -0.2) is 29.9 Å². The number of halogens is 4. The molecule has 6 heteroatoms. The smallest absolute Gasteiger partial charge is 0.292 e. The Labute approximate surface area is 175 Å². The molecule has 3 atom stereocenters. The number of nitrogens with zero attached hydrogens (tertiary/aromatic N) is 1. The molecule has 1 aliphatic carbocycles. The van der Waals surface area contributed by atoms with Crippen molar-refractivity contribution in [2.24, 2.45) is 4.99 Å². The van der Waals surface area contributed by atoms with Crippen LogP contribution in [0.25, 0.3) is 0 Å². The molecule has 0 bridgehead atoms. The van der Waals surface area contributed by atoms with Crippen molar-refractivity contribution in [1.29, 1.82) is 0 Å². The molecular formula is C24H27F4NO. The summed E-state index contributed by atoms with van der Waals surface area (Å²) in [7, 11) is 0. The quantitative estimate of drug-likeness (QED) is 0.261. The molecular weight excluding hydrogens is 394 g/mol. The molecule has 0 saturated heterocycles. The van der Waals surface area contributed by atoms with Crippen LogP contribution in [0.1, 0.15) is 50.5 Å². The third kappa shape index (κ3) is 7.08. The second-order valence-electron chi connectivity index (χ2n) is 7.66. The minimum absolute atomic E-state index is 0.0837. The van der Waals surface area contributed by atoms with E-state index >= 15 is 0 Å². The van der Waals surface area contributed by atoms with Crippen molar-refractivity contribution in [3.63, 3.8) is 0 Å². The first-order valence-electron chi connectivity index (χ1n) is 9.94. The van der Waals surface area contributed by atoms with Gasteiger partial charge in [0.1, 0.15) is 12.2 Å². The number of rotatable bonds is 8. The Bertz CT molecular complexity index is 823. The molecule has 0 spiro atoms. The highest BCUT2D eigenvalue weighted by Crippen LogP contribution is 2.36. The van der Waals surface area contributed by atoms with Crippen molar-refractivity contribution >= 4 is 11.5 Å². The first-order valence-corrected chi connectivity index (χ1v) is 9.94. The summed E-state index contributed by atoms with van der Waals surface area (Å²) in [6, 6.07) is 8.61. The van der Waals surface area contributed by atoms with Gasteiger partial charge in [0.2, 0.25) is 0 Å². The maximum absolute atomic E-state index is 14.8. The van der Waals surface area contributed by atoms with Crippen LogP contribution in [0, 0.1) is 0 Å². The first-order chi connectivity index (χ1) is 14.1. The molecule has 0 aromatic heterocycles. The number of alkyl halides is 4. The zero-order valence-electron chi connectivity index (χ0n) is 17.1. The van der Waals surface area contributed by atoms with E-state index in [1.165, 1.54) is 12.2 Å². The number of carbonyl (C=O) groups is 1. The maximum Gasteiger partial charge on any atom is 0.389 e. The van der Waals surface area contributed by atoms with Gasteiger partial charge in [-0.2, -0.15) is 13.2 Å². The largest absolute Gasteiger partial charge is 0.389 e. The molecule has 1 unspecified atom stereocenters. The van der Waals surface area contributed by atoms with Gasteiger partial charge in [-0.05, 0) is 37.8 Å². The van der Waals surface area contributed by atoms with Gasteiger partial charge in [0.15, 0.2) is 5.78 Å². The van der Waals surface area contributed by atoms with Crippen molar-refractivity contribution in [3.8, 4) is 0 Å². The standard InChI is InChI=1S/C24H27F4NO/c1-4-21(23(30)13-16(2)9-8-12-24(26,27)28)29-22-14-17(3)19(15-20(22)25)18-10-6-5-7-11-18/h4-7,10-11,13,19-21H,1,3,8-9,12,14-15H2,2H3/b16-13+,29-22+/t19-,20+,21?/m1/s1. The Morgan fingerprint density at radius 1 is 1.30 bits per heavy atom. The summed E-state index contributed by atoms with van der Waals surface area (Å²) >= 11 is 0. The second kappa shape index (κ2) is 10.5. The second-order valence-corrected chi connectivity index (χ2v) is 7.66. The van der Waals surface area contributed by atoms with Crippen LogP contribution in [0.15, 0.2) is 71.8 Å². The maximum atomic E-state index is 14.8. The van der Waals surface area contributed by atoms with E-state index in [1.807, 2.05) is 30.3 Å². The van der Waals surface area contributed by atoms with E-state index in [-0.39, 0.29) is 37.3 Å². The lowest BCUT2D eigenvalue weighted by molar-refractivity contribution is -0.135. The van der Waals surface area contributed by atoms with E-state index < -0.39 is 30.6 Å². The van der Waals surface area contributed by atoms with Gasteiger partial charge >= 0.3 is 6.18 Å². The summed E-state index contributed by atoms with van der Waals surface area (Å²) in [5.41, 5.74) is 2.62. The summed E-state index contributed by atoms with van der Waals surface area (Å²) in [6.07, 6.45) is -3.25. The van der Waals surface area contributed by atoms with Crippen LogP contribution in [0.3, 0.4) is 0 Å². The van der Waals surface area contributed by atoms with Gasteiger partial charge in [0.05, 0.1) is 5.71 Å². The molecule has 0 aliphatic heterocycles. The average molecular weight is 421 g/mol. The molecule has 0 N–H and O–H groups in total. The Balaban J connectivity index is 2.04. The summed E-state index contributed by atoms with van der Waals surface area (Å²) in [6.45, 7) is 9.28. The molecule has 1 aromatic carbocycles. The van der Waals surface area contributed by atoms with Crippen LogP contribution >= 0.6 is 0 Å². The zero-order chi connectivity index (χ0) is 22.3. The van der Waals surface area contributed by atoms with Crippen LogP contribution in [-0.2, 0) is 4.79 Å². The predicted molar refractivity (Wildman–Crippen MR) is 113 cm³/mol. The monoisotopic (exact) mass is 421 g/mol. The van der Waals surface area contributed by atoms with E-state index in [2.05, 4.69) is 18.2 Å². The highest BCUT2D eigenvalue weighted by molar-refractivity contribution is 6.00. The number of benzene rings is 1. The number of allylic oxidation sites excluding steroid dienone is 2. The fourth-order valence-corrected chi connectivity index (χ4v) is 3.54. The summed E-state index contributed by atoms with van der Waals surface area (Å²) in [5.74, 6) is -0.515. The summed E-state index contributed by atoms with van der Waals surface area (Å²) < 4.78 is 51.6. The third-order valence-electron chi connectivity index (χ3n) is 5.15. The summed E-state index contributed by atoms with van der Waals surface area (Å²) in [4.78, 5) is 16.7. The summed E-state index contributed by atoms with van der Waals surface area (Å²) in [5, 5.41) is 0. The molecule has 2 rings (SSSR count). The van der Waals surface area contributed by atoms with E-state index in [0.717, 1.165) is 11.1 Å². The van der Waals surface area contributed by atoms with Crippen LogP contribution in [0.5, 0.6) is 0 Å². The predicted octanol–water partition coefficient (Wildman–Crippen LogP) is 6.70. The third-order valence-corrected chi connectivity index (χ3v) is 5.15. The highest BCUT2D eigenvalue weighted by Gasteiger charge is 2.31. The molecule has 162 valence electrons. The van der Waals surface area contributed by atoms with E-state index in [1.54, 1.807) is 6.92 Å². The average Bonchev–Trinajstić information content (AvgIpc) is 2.67. The van der Waals surface area contributed by atoms with Gasteiger partial charge in [-0.25, -0.2) is 4.39 Å². The van der Waals surface area contributed by atoms with E-state index in [0.29, 0.717) is 5.57 Å². The number of ketones is 1. The van der Waals surface area contributed by atoms with Crippen molar-refractivity contribution in [1.82, 2.24) is 0 Å². The normalized spacial score (nSPS) is 22.8. The van der Waals surface area contributed by atoms with Gasteiger partial charge in [0, 0.05) is 18.8 Å². The van der Waals surface area contributed by atoms with Gasteiger partial charge in [-0.1, -0.05) is 54.1 Å². The fraction of sp³-hybridized carbons (Fsp3) is 0.417. The molecule has 0 radical (unpaired) electrons. The van der Waals surface area contributed by atoms with Gasteiger partial charge < -0.3 is 0 Å². The van der Waals surface area contributed by atoms with Crippen LogP contribution in [0.4, 0.5) is 17.6 Å². The lowest BCUT2D eigenvalue weighted by atomic mass is 9.78. The molecule has 1 aromatic rings. The topological polar surface area (TPSA) is 29.4 Å². The fourth-order valence-electron chi connectivity index (χ4n) is 3.54. The van der Waals surface area contributed by atoms with E-state index in [4.69, 9.17) is 0 Å². The van der Waals surface area contributed by atoms with Gasteiger partial charge in [-0.3, -0.25) is 9.79 Å². The molecule has 1 saturated carbocycles. The minimum Gasteiger partial charge on any atom is -0.292 e. The van der Waals surface area contributed by atoms with Crippen molar-refractivity contribution in [2.75, 3.05) is 0 Å². The van der Waals surface area contributed by atoms with E-state index in [9.17, 15) is 22.4 Å². The zero-order valence-corrected chi connectivity index (χ0v) is 17.1. The number of aliphatic imine (C=N–C) groups is 1. The van der Waals surface area contributed by atoms with Crippen molar-refractivity contribution < 1.29 is 22.4 Å².